The predicted molar refractivity (Wildman–Crippen MR) is 156 cm³/mol. The van der Waals surface area contributed by atoms with E-state index < -0.39 is 41.7 Å². The van der Waals surface area contributed by atoms with Crippen LogP contribution in [-0.2, 0) is 28.7 Å². The number of nitrogens with zero attached hydrogens (tertiary/aromatic N) is 2. The van der Waals surface area contributed by atoms with Gasteiger partial charge in [-0.3, -0.25) is 19.2 Å². The number of amides is 3. The quantitative estimate of drug-likeness (QED) is 0.241. The van der Waals surface area contributed by atoms with Crippen LogP contribution in [0.5, 0.6) is 0 Å². The van der Waals surface area contributed by atoms with Gasteiger partial charge in [0.2, 0.25) is 17.7 Å². The first kappa shape index (κ1) is 31.4. The largest absolute Gasteiger partial charge is 0.455 e. The van der Waals surface area contributed by atoms with Crippen LogP contribution in [0.2, 0.25) is 0 Å². The number of nitrogens with one attached hydrogen (secondary N) is 1. The standard InChI is InChI=1S/C32H43N3O7/c1-5-7-14-25(37)33-20-24(22-12-9-8-10-13-22)41-31(40)26-23-15-16-32(42-23)27(26)29(38)35(18-11-19-36)28(32)30(39)34(17-6-2)21(3)4/h5-6,8-10,12-13,21,23-24,26-28,36H,1-2,7,11,14-20H2,3-4H3,(H,33,37)/t23-,24-,26+,27+,28-,32+/m1/s1. The number of aliphatic hydroxyl groups excluding tert-OH is 1. The van der Waals surface area contributed by atoms with Gasteiger partial charge in [0.15, 0.2) is 0 Å². The van der Waals surface area contributed by atoms with Crippen LogP contribution in [0.3, 0.4) is 0 Å². The fourth-order valence-corrected chi connectivity index (χ4v) is 6.68. The zero-order valence-corrected chi connectivity index (χ0v) is 24.6. The number of carbonyl (C=O) groups is 4. The van der Waals surface area contributed by atoms with Gasteiger partial charge in [0.1, 0.15) is 17.7 Å². The lowest BCUT2D eigenvalue weighted by Crippen LogP contribution is -2.57. The Morgan fingerprint density at radius 1 is 1.24 bits per heavy atom. The Hall–Kier alpha value is -3.50. The first-order valence-electron chi connectivity index (χ1n) is 14.8. The normalized spacial score (nSPS) is 26.6. The zero-order valence-electron chi connectivity index (χ0n) is 24.6. The molecule has 0 aliphatic carbocycles. The summed E-state index contributed by atoms with van der Waals surface area (Å²) in [6, 6.07) is 8.07. The zero-order chi connectivity index (χ0) is 30.4. The van der Waals surface area contributed by atoms with Crippen molar-refractivity contribution in [3.05, 3.63) is 61.2 Å². The third kappa shape index (κ3) is 6.01. The van der Waals surface area contributed by atoms with Crippen LogP contribution in [-0.4, -0.2) is 88.6 Å². The van der Waals surface area contributed by atoms with E-state index in [0.29, 0.717) is 37.8 Å². The molecule has 1 spiro atoms. The predicted octanol–water partition coefficient (Wildman–Crippen LogP) is 2.53. The number of fused-ring (bicyclic) bond motifs is 1. The summed E-state index contributed by atoms with van der Waals surface area (Å²) in [5.41, 5.74) is -0.450. The van der Waals surface area contributed by atoms with Gasteiger partial charge >= 0.3 is 5.97 Å². The molecule has 3 amide bonds. The van der Waals surface area contributed by atoms with Crippen LogP contribution in [0.25, 0.3) is 0 Å². The van der Waals surface area contributed by atoms with E-state index in [1.807, 2.05) is 44.2 Å². The monoisotopic (exact) mass is 581 g/mol. The molecule has 2 bridgehead atoms. The van der Waals surface area contributed by atoms with Crippen molar-refractivity contribution in [2.24, 2.45) is 11.8 Å². The summed E-state index contributed by atoms with van der Waals surface area (Å²) in [6.45, 7) is 11.6. The second-order valence-corrected chi connectivity index (χ2v) is 11.5. The molecule has 3 saturated heterocycles. The lowest BCUT2D eigenvalue weighted by molar-refractivity contribution is -0.160. The molecule has 3 aliphatic heterocycles. The van der Waals surface area contributed by atoms with Gasteiger partial charge in [0.25, 0.3) is 0 Å². The summed E-state index contributed by atoms with van der Waals surface area (Å²) >= 11 is 0. The molecule has 3 fully saturated rings. The van der Waals surface area contributed by atoms with Crippen molar-refractivity contribution in [2.75, 3.05) is 26.2 Å². The van der Waals surface area contributed by atoms with E-state index in [2.05, 4.69) is 18.5 Å². The Morgan fingerprint density at radius 2 is 1.98 bits per heavy atom. The second kappa shape index (κ2) is 13.6. The van der Waals surface area contributed by atoms with Crippen molar-refractivity contribution in [3.8, 4) is 0 Å². The van der Waals surface area contributed by atoms with E-state index in [1.165, 1.54) is 4.90 Å². The number of rotatable bonds is 15. The molecule has 1 aromatic carbocycles. The Labute approximate surface area is 247 Å². The van der Waals surface area contributed by atoms with E-state index in [0.717, 1.165) is 0 Å². The van der Waals surface area contributed by atoms with Crippen LogP contribution in [0.15, 0.2) is 55.6 Å². The summed E-state index contributed by atoms with van der Waals surface area (Å²) in [5, 5.41) is 12.4. The number of benzene rings is 1. The lowest BCUT2D eigenvalue weighted by Gasteiger charge is -2.38. The molecule has 3 heterocycles. The van der Waals surface area contributed by atoms with E-state index in [1.54, 1.807) is 17.1 Å². The van der Waals surface area contributed by atoms with E-state index >= 15 is 0 Å². The van der Waals surface area contributed by atoms with Crippen molar-refractivity contribution in [2.45, 2.75) is 75.8 Å². The van der Waals surface area contributed by atoms with Crippen molar-refractivity contribution < 1.29 is 33.8 Å². The van der Waals surface area contributed by atoms with Crippen LogP contribution in [0, 0.1) is 11.8 Å². The minimum absolute atomic E-state index is 0.0718. The third-order valence-electron chi connectivity index (χ3n) is 8.59. The molecule has 228 valence electrons. The van der Waals surface area contributed by atoms with Gasteiger partial charge in [-0.15, -0.1) is 13.2 Å². The van der Waals surface area contributed by atoms with Crippen molar-refractivity contribution >= 4 is 23.7 Å². The summed E-state index contributed by atoms with van der Waals surface area (Å²) in [7, 11) is 0. The van der Waals surface area contributed by atoms with E-state index in [9.17, 15) is 24.3 Å². The van der Waals surface area contributed by atoms with Gasteiger partial charge in [0, 0.05) is 32.2 Å². The Balaban J connectivity index is 1.62. The lowest BCUT2D eigenvalue weighted by atomic mass is 9.70. The molecule has 2 N–H and O–H groups in total. The van der Waals surface area contributed by atoms with Crippen LogP contribution < -0.4 is 5.32 Å². The van der Waals surface area contributed by atoms with Gasteiger partial charge in [-0.2, -0.15) is 0 Å². The maximum atomic E-state index is 14.1. The molecule has 10 nitrogen and oxygen atoms in total. The molecule has 0 unspecified atom stereocenters. The fraction of sp³-hybridized carbons (Fsp3) is 0.562. The van der Waals surface area contributed by atoms with Crippen molar-refractivity contribution in [1.29, 1.82) is 0 Å². The second-order valence-electron chi connectivity index (χ2n) is 11.5. The topological polar surface area (TPSA) is 125 Å². The molecule has 0 saturated carbocycles. The third-order valence-corrected chi connectivity index (χ3v) is 8.59. The summed E-state index contributed by atoms with van der Waals surface area (Å²) in [6.07, 6.45) is 4.05. The fourth-order valence-electron chi connectivity index (χ4n) is 6.68. The summed E-state index contributed by atoms with van der Waals surface area (Å²) < 4.78 is 12.5. The molecule has 4 rings (SSSR count). The minimum Gasteiger partial charge on any atom is -0.455 e. The molecular weight excluding hydrogens is 538 g/mol. The summed E-state index contributed by atoms with van der Waals surface area (Å²) in [5.74, 6) is -3.13. The molecule has 0 radical (unpaired) electrons. The maximum absolute atomic E-state index is 14.1. The first-order chi connectivity index (χ1) is 20.2. The Bertz CT molecular complexity index is 1170. The molecule has 3 aliphatic rings. The first-order valence-corrected chi connectivity index (χ1v) is 14.8. The van der Waals surface area contributed by atoms with Crippen LogP contribution >= 0.6 is 0 Å². The number of esters is 1. The average molecular weight is 582 g/mol. The highest BCUT2D eigenvalue weighted by Gasteiger charge is 2.75. The molecule has 10 heteroatoms. The van der Waals surface area contributed by atoms with Gasteiger partial charge in [-0.25, -0.2) is 0 Å². The van der Waals surface area contributed by atoms with Gasteiger partial charge in [-0.05, 0) is 45.1 Å². The van der Waals surface area contributed by atoms with Crippen LogP contribution in [0.4, 0.5) is 0 Å². The molecular formula is C32H43N3O7. The average Bonchev–Trinajstić information content (AvgIpc) is 3.62. The number of hydrogen-bond donors (Lipinski definition) is 2. The van der Waals surface area contributed by atoms with Gasteiger partial charge in [-0.1, -0.05) is 42.5 Å². The molecule has 42 heavy (non-hydrogen) atoms. The Kier molecular flexibility index (Phi) is 10.2. The number of ether oxygens (including phenoxy) is 2. The maximum Gasteiger partial charge on any atom is 0.313 e. The van der Waals surface area contributed by atoms with E-state index in [-0.39, 0.29) is 49.9 Å². The van der Waals surface area contributed by atoms with Crippen molar-refractivity contribution in [1.82, 2.24) is 15.1 Å². The molecule has 0 aromatic heterocycles. The minimum atomic E-state index is -1.16. The summed E-state index contributed by atoms with van der Waals surface area (Å²) in [4.78, 5) is 57.5. The van der Waals surface area contributed by atoms with E-state index in [4.69, 9.17) is 9.47 Å². The number of allylic oxidation sites excluding steroid dienone is 1. The van der Waals surface area contributed by atoms with Gasteiger partial charge < -0.3 is 29.7 Å². The highest BCUT2D eigenvalue weighted by molar-refractivity contribution is 5.98. The smallest absolute Gasteiger partial charge is 0.313 e. The molecule has 6 atom stereocenters. The Morgan fingerprint density at radius 3 is 2.62 bits per heavy atom. The number of carbonyl (C=O) groups excluding carboxylic acids is 4. The number of likely N-dealkylation sites (tertiary alicyclic amines) is 1. The van der Waals surface area contributed by atoms with Crippen molar-refractivity contribution in [3.63, 3.8) is 0 Å². The highest BCUT2D eigenvalue weighted by Crippen LogP contribution is 2.59. The van der Waals surface area contributed by atoms with Crippen LogP contribution in [0.1, 0.15) is 57.6 Å². The highest BCUT2D eigenvalue weighted by atomic mass is 16.6. The van der Waals surface area contributed by atoms with Gasteiger partial charge in [0.05, 0.1) is 24.5 Å². The number of aliphatic hydroxyl groups is 1. The molecule has 1 aromatic rings. The SMILES string of the molecule is C=CCCC(=O)NC[C@@H](OC(=O)[C@@H]1[C@H]2C(=O)N(CCCO)[C@H](C(=O)N(CC=C)C(C)C)[C@]23CC[C@H]1O3)c1ccccc1. The number of hydrogen-bond acceptors (Lipinski definition) is 7.